The minimum Gasteiger partial charge on any atom is -0.483 e. The Hall–Kier alpha value is -1.83. The molecule has 2 heteroatoms. The predicted molar refractivity (Wildman–Crippen MR) is 79.7 cm³/mol. The van der Waals surface area contributed by atoms with Gasteiger partial charge in [-0.05, 0) is 49.1 Å². The maximum Gasteiger partial charge on any atom is 0.124 e. The number of hydrogen-bond donors (Lipinski definition) is 0. The molecule has 0 saturated heterocycles. The molecule has 2 aliphatic heterocycles. The van der Waals surface area contributed by atoms with Gasteiger partial charge < -0.3 is 4.74 Å². The summed E-state index contributed by atoms with van der Waals surface area (Å²) in [4.78, 5) is 4.35. The maximum absolute atomic E-state index is 6.09. The van der Waals surface area contributed by atoms with Gasteiger partial charge in [0, 0.05) is 24.8 Å². The van der Waals surface area contributed by atoms with E-state index in [0.29, 0.717) is 0 Å². The molecule has 98 valence electrons. The largest absolute Gasteiger partial charge is 0.483 e. The Kier molecular flexibility index (Phi) is 2.63. The predicted octanol–water partition coefficient (Wildman–Crippen LogP) is 4.16. The Morgan fingerprint density at radius 2 is 2.05 bits per heavy atom. The molecule has 1 aromatic carbocycles. The fourth-order valence-electron chi connectivity index (χ4n) is 2.52. The van der Waals surface area contributed by atoms with Crippen LogP contribution in [0.5, 0.6) is 5.75 Å². The molecule has 2 nitrogen and oxygen atoms in total. The highest BCUT2D eigenvalue weighted by atomic mass is 16.5. The summed E-state index contributed by atoms with van der Waals surface area (Å²) in [5.41, 5.74) is 5.73. The summed E-state index contributed by atoms with van der Waals surface area (Å²) < 4.78 is 6.09. The molecule has 0 bridgehead atoms. The molecule has 3 rings (SSSR count). The number of allylic oxidation sites excluding steroid dienone is 1. The van der Waals surface area contributed by atoms with Crippen LogP contribution in [-0.2, 0) is 6.42 Å². The number of benzene rings is 1. The lowest BCUT2D eigenvalue weighted by Gasteiger charge is -2.35. The summed E-state index contributed by atoms with van der Waals surface area (Å²) >= 11 is 0. The first-order valence-corrected chi connectivity index (χ1v) is 6.68. The molecule has 0 N–H and O–H groups in total. The highest BCUT2D eigenvalue weighted by molar-refractivity contribution is 5.96. The molecule has 0 amide bonds. The minimum absolute atomic E-state index is 0.276. The van der Waals surface area contributed by atoms with E-state index in [1.807, 2.05) is 6.20 Å². The van der Waals surface area contributed by atoms with Crippen molar-refractivity contribution in [3.8, 4) is 5.75 Å². The number of rotatable bonds is 1. The smallest absolute Gasteiger partial charge is 0.124 e. The molecule has 1 aromatic rings. The van der Waals surface area contributed by atoms with Gasteiger partial charge in [-0.3, -0.25) is 4.99 Å². The molecule has 0 fully saturated rings. The zero-order valence-corrected chi connectivity index (χ0v) is 11.8. The molecule has 2 heterocycles. The van der Waals surface area contributed by atoms with Gasteiger partial charge in [-0.1, -0.05) is 18.7 Å². The summed E-state index contributed by atoms with van der Waals surface area (Å²) in [6, 6.07) is 6.46. The number of hydrogen-bond acceptors (Lipinski definition) is 2. The Labute approximate surface area is 114 Å². The summed E-state index contributed by atoms with van der Waals surface area (Å²) in [7, 11) is 0. The van der Waals surface area contributed by atoms with Crippen molar-refractivity contribution in [1.29, 1.82) is 0 Å². The molecule has 0 saturated carbocycles. The van der Waals surface area contributed by atoms with Crippen molar-refractivity contribution in [3.05, 3.63) is 47.7 Å². The molecule has 0 spiro atoms. The van der Waals surface area contributed by atoms with E-state index in [0.717, 1.165) is 24.2 Å². The number of ether oxygens (including phenoxy) is 1. The Balaban J connectivity index is 1.95. The Bertz CT molecular complexity index is 620. The quantitative estimate of drug-likeness (QED) is 0.689. The SMILES string of the molecule is C=C1Cc2ccc(C3=CN=C(C)C3)cc2OC1(C)C. The first-order chi connectivity index (χ1) is 8.95. The molecule has 0 atom stereocenters. The normalized spacial score (nSPS) is 20.5. The summed E-state index contributed by atoms with van der Waals surface area (Å²) in [6.07, 6.45) is 3.80. The average Bonchev–Trinajstić information content (AvgIpc) is 2.76. The zero-order valence-electron chi connectivity index (χ0n) is 11.8. The maximum atomic E-state index is 6.09. The molecule has 0 radical (unpaired) electrons. The fraction of sp³-hybridized carbons (Fsp3) is 0.353. The van der Waals surface area contributed by atoms with Crippen molar-refractivity contribution in [1.82, 2.24) is 0 Å². The molecule has 0 aliphatic carbocycles. The Morgan fingerprint density at radius 3 is 2.74 bits per heavy atom. The van der Waals surface area contributed by atoms with Crippen LogP contribution in [0, 0.1) is 0 Å². The van der Waals surface area contributed by atoms with Crippen LogP contribution in [0.25, 0.3) is 5.57 Å². The molecule has 0 aromatic heterocycles. The number of nitrogens with zero attached hydrogens (tertiary/aromatic N) is 1. The Morgan fingerprint density at radius 1 is 1.26 bits per heavy atom. The van der Waals surface area contributed by atoms with Crippen molar-refractivity contribution in [2.45, 2.75) is 39.2 Å². The van der Waals surface area contributed by atoms with Crippen LogP contribution in [0.4, 0.5) is 0 Å². The lowest BCUT2D eigenvalue weighted by Crippen LogP contribution is -2.34. The van der Waals surface area contributed by atoms with Gasteiger partial charge in [-0.25, -0.2) is 0 Å². The van der Waals surface area contributed by atoms with E-state index in [4.69, 9.17) is 4.74 Å². The lowest BCUT2D eigenvalue weighted by molar-refractivity contribution is 0.134. The monoisotopic (exact) mass is 253 g/mol. The van der Waals surface area contributed by atoms with Crippen LogP contribution in [0.15, 0.2) is 41.5 Å². The van der Waals surface area contributed by atoms with Gasteiger partial charge in [0.15, 0.2) is 0 Å². The second-order valence-electron chi connectivity index (χ2n) is 5.91. The third-order valence-electron chi connectivity index (χ3n) is 3.95. The van der Waals surface area contributed by atoms with E-state index in [1.165, 1.54) is 22.4 Å². The summed E-state index contributed by atoms with van der Waals surface area (Å²) in [5.74, 6) is 0.986. The van der Waals surface area contributed by atoms with E-state index in [-0.39, 0.29) is 5.60 Å². The number of fused-ring (bicyclic) bond motifs is 1. The first kappa shape index (κ1) is 12.2. The first-order valence-electron chi connectivity index (χ1n) is 6.68. The lowest BCUT2D eigenvalue weighted by atomic mass is 9.88. The fourth-order valence-corrected chi connectivity index (χ4v) is 2.52. The van der Waals surface area contributed by atoms with Gasteiger partial charge in [-0.15, -0.1) is 0 Å². The minimum atomic E-state index is -0.276. The van der Waals surface area contributed by atoms with Crippen molar-refractivity contribution < 1.29 is 4.74 Å². The van der Waals surface area contributed by atoms with E-state index in [2.05, 4.69) is 50.5 Å². The van der Waals surface area contributed by atoms with Crippen LogP contribution < -0.4 is 4.74 Å². The van der Waals surface area contributed by atoms with E-state index >= 15 is 0 Å². The van der Waals surface area contributed by atoms with Gasteiger partial charge >= 0.3 is 0 Å². The van der Waals surface area contributed by atoms with Gasteiger partial charge in [0.2, 0.25) is 0 Å². The van der Waals surface area contributed by atoms with Crippen molar-refractivity contribution in [2.24, 2.45) is 4.99 Å². The third kappa shape index (κ3) is 2.12. The van der Waals surface area contributed by atoms with Gasteiger partial charge in [0.25, 0.3) is 0 Å². The molecule has 0 unspecified atom stereocenters. The second kappa shape index (κ2) is 4.09. The summed E-state index contributed by atoms with van der Waals surface area (Å²) in [6.45, 7) is 10.3. The van der Waals surface area contributed by atoms with Gasteiger partial charge in [0.1, 0.15) is 11.4 Å². The van der Waals surface area contributed by atoms with Crippen molar-refractivity contribution in [2.75, 3.05) is 0 Å². The van der Waals surface area contributed by atoms with E-state index in [9.17, 15) is 0 Å². The van der Waals surface area contributed by atoms with Crippen molar-refractivity contribution in [3.63, 3.8) is 0 Å². The molecular weight excluding hydrogens is 234 g/mol. The van der Waals surface area contributed by atoms with Crippen LogP contribution >= 0.6 is 0 Å². The van der Waals surface area contributed by atoms with E-state index < -0.39 is 0 Å². The average molecular weight is 253 g/mol. The molecular formula is C17H19NO. The van der Waals surface area contributed by atoms with Gasteiger partial charge in [-0.2, -0.15) is 0 Å². The van der Waals surface area contributed by atoms with E-state index in [1.54, 1.807) is 0 Å². The van der Waals surface area contributed by atoms with Crippen LogP contribution in [-0.4, -0.2) is 11.3 Å². The van der Waals surface area contributed by atoms with Crippen LogP contribution in [0.1, 0.15) is 38.3 Å². The zero-order chi connectivity index (χ0) is 13.6. The third-order valence-corrected chi connectivity index (χ3v) is 3.95. The highest BCUT2D eigenvalue weighted by Gasteiger charge is 2.30. The van der Waals surface area contributed by atoms with Crippen LogP contribution in [0.2, 0.25) is 0 Å². The van der Waals surface area contributed by atoms with Crippen LogP contribution in [0.3, 0.4) is 0 Å². The standard InChI is InChI=1S/C17H19NO/c1-11-7-14-6-5-13(15-8-12(2)18-10-15)9-16(14)19-17(11,3)4/h5-6,9-10H,1,7-8H2,2-4H3. The second-order valence-corrected chi connectivity index (χ2v) is 5.91. The molecule has 19 heavy (non-hydrogen) atoms. The van der Waals surface area contributed by atoms with Gasteiger partial charge in [0.05, 0.1) is 0 Å². The van der Waals surface area contributed by atoms with Crippen molar-refractivity contribution >= 4 is 11.3 Å². The topological polar surface area (TPSA) is 21.6 Å². The highest BCUT2D eigenvalue weighted by Crippen LogP contribution is 2.38. The number of aliphatic imine (C=N–C) groups is 1. The summed E-state index contributed by atoms with van der Waals surface area (Å²) in [5, 5.41) is 0. The molecule has 2 aliphatic rings.